The summed E-state index contributed by atoms with van der Waals surface area (Å²) in [6.45, 7) is 3.77. The van der Waals surface area contributed by atoms with Crippen LogP contribution in [0.3, 0.4) is 0 Å². The summed E-state index contributed by atoms with van der Waals surface area (Å²) in [5, 5.41) is 16.3. The molecule has 19 heavy (non-hydrogen) atoms. The van der Waals surface area contributed by atoms with E-state index in [1.165, 1.54) is 6.20 Å². The van der Waals surface area contributed by atoms with Gasteiger partial charge < -0.3 is 20.1 Å². The van der Waals surface area contributed by atoms with Gasteiger partial charge in [-0.1, -0.05) is 0 Å². The third-order valence-electron chi connectivity index (χ3n) is 3.30. The highest BCUT2D eigenvalue weighted by molar-refractivity contribution is 5.88. The first-order valence-electron chi connectivity index (χ1n) is 6.33. The maximum atomic E-state index is 11.0. The minimum absolute atomic E-state index is 0.153. The second-order valence-electron chi connectivity index (χ2n) is 4.82. The lowest BCUT2D eigenvalue weighted by molar-refractivity contribution is -0.0182. The van der Waals surface area contributed by atoms with E-state index in [1.54, 1.807) is 11.7 Å². The van der Waals surface area contributed by atoms with Gasteiger partial charge in [-0.25, -0.2) is 4.79 Å². The largest absolute Gasteiger partial charge is 0.478 e. The van der Waals surface area contributed by atoms with Crippen molar-refractivity contribution < 1.29 is 14.6 Å². The molecule has 2 heterocycles. The van der Waals surface area contributed by atoms with E-state index in [-0.39, 0.29) is 11.7 Å². The first-order chi connectivity index (χ1) is 9.08. The lowest BCUT2D eigenvalue weighted by atomic mass is 10.2. The van der Waals surface area contributed by atoms with Gasteiger partial charge in [0, 0.05) is 33.2 Å². The van der Waals surface area contributed by atoms with Gasteiger partial charge in [0.25, 0.3) is 0 Å². The topological polar surface area (TPSA) is 79.6 Å². The number of aryl methyl sites for hydroxylation is 1. The minimum atomic E-state index is -0.946. The fraction of sp³-hybridized carbons (Fsp3) is 0.667. The zero-order valence-electron chi connectivity index (χ0n) is 11.3. The molecule has 1 aromatic rings. The molecule has 0 aromatic carbocycles. The van der Waals surface area contributed by atoms with E-state index in [9.17, 15) is 4.79 Å². The van der Waals surface area contributed by atoms with Crippen molar-refractivity contribution in [1.29, 1.82) is 0 Å². The predicted molar refractivity (Wildman–Crippen MR) is 69.1 cm³/mol. The minimum Gasteiger partial charge on any atom is -0.478 e. The Kier molecular flexibility index (Phi) is 4.52. The lowest BCUT2D eigenvalue weighted by Gasteiger charge is -2.30. The Hall–Kier alpha value is -1.44. The number of hydrogen-bond acceptors (Lipinski definition) is 5. The fourth-order valence-electron chi connectivity index (χ4n) is 2.19. The van der Waals surface area contributed by atoms with Crippen LogP contribution in [-0.2, 0) is 18.3 Å². The third-order valence-corrected chi connectivity index (χ3v) is 3.30. The van der Waals surface area contributed by atoms with Gasteiger partial charge in [-0.15, -0.1) is 0 Å². The van der Waals surface area contributed by atoms with Gasteiger partial charge in [-0.3, -0.25) is 4.68 Å². The van der Waals surface area contributed by atoms with E-state index in [4.69, 9.17) is 9.84 Å². The molecule has 1 saturated heterocycles. The van der Waals surface area contributed by atoms with E-state index >= 15 is 0 Å². The van der Waals surface area contributed by atoms with Crippen LogP contribution in [0.25, 0.3) is 0 Å². The van der Waals surface area contributed by atoms with Crippen LogP contribution >= 0.6 is 0 Å². The number of hydrogen-bond donors (Lipinski definition) is 2. The van der Waals surface area contributed by atoms with Crippen LogP contribution in [0, 0.1) is 0 Å². The Balaban J connectivity index is 1.85. The number of ether oxygens (including phenoxy) is 1. The summed E-state index contributed by atoms with van der Waals surface area (Å²) in [6.07, 6.45) is 1.53. The maximum Gasteiger partial charge on any atom is 0.339 e. The number of carboxylic acid groups (broad SMARTS) is 1. The lowest BCUT2D eigenvalue weighted by Crippen LogP contribution is -2.44. The number of morpholine rings is 1. The highest BCUT2D eigenvalue weighted by atomic mass is 16.5. The Morgan fingerprint density at radius 2 is 2.42 bits per heavy atom. The molecular formula is C12H20N4O3. The molecule has 2 rings (SSSR count). The van der Waals surface area contributed by atoms with Crippen molar-refractivity contribution in [3.63, 3.8) is 0 Å². The highest BCUT2D eigenvalue weighted by Gasteiger charge is 2.18. The molecule has 1 unspecified atom stereocenters. The summed E-state index contributed by atoms with van der Waals surface area (Å²) in [5.41, 5.74) is 0.924. The zero-order valence-corrected chi connectivity index (χ0v) is 11.3. The maximum absolute atomic E-state index is 11.0. The summed E-state index contributed by atoms with van der Waals surface area (Å²) in [4.78, 5) is 13.3. The molecule has 0 spiro atoms. The summed E-state index contributed by atoms with van der Waals surface area (Å²) in [5.74, 6) is -0.946. The Morgan fingerprint density at radius 1 is 1.63 bits per heavy atom. The van der Waals surface area contributed by atoms with Crippen molar-refractivity contribution in [2.75, 3.05) is 33.3 Å². The predicted octanol–water partition coefficient (Wildman–Crippen LogP) is -0.461. The number of nitrogens with zero attached hydrogens (tertiary/aromatic N) is 3. The molecule has 2 N–H and O–H groups in total. The van der Waals surface area contributed by atoms with Gasteiger partial charge in [-0.05, 0) is 7.05 Å². The van der Waals surface area contributed by atoms with Crippen LogP contribution < -0.4 is 5.32 Å². The van der Waals surface area contributed by atoms with Gasteiger partial charge in [-0.2, -0.15) is 5.10 Å². The SMILES string of the molecule is CN1CCOC(CNCc2c(C(=O)O)cnn2C)C1. The van der Waals surface area contributed by atoms with Crippen LogP contribution in [0.15, 0.2) is 6.20 Å². The quantitative estimate of drug-likeness (QED) is 0.752. The number of aromatic carboxylic acids is 1. The van der Waals surface area contributed by atoms with Crippen molar-refractivity contribution in [3.05, 3.63) is 17.5 Å². The monoisotopic (exact) mass is 268 g/mol. The number of nitrogens with one attached hydrogen (secondary N) is 1. The van der Waals surface area contributed by atoms with Gasteiger partial charge in [0.15, 0.2) is 0 Å². The summed E-state index contributed by atoms with van der Waals surface area (Å²) in [7, 11) is 3.81. The molecule has 0 radical (unpaired) electrons. The van der Waals surface area contributed by atoms with Crippen molar-refractivity contribution in [3.8, 4) is 0 Å². The van der Waals surface area contributed by atoms with Crippen LogP contribution in [0.5, 0.6) is 0 Å². The van der Waals surface area contributed by atoms with Crippen LogP contribution in [0.4, 0.5) is 0 Å². The molecule has 1 fully saturated rings. The zero-order chi connectivity index (χ0) is 13.8. The van der Waals surface area contributed by atoms with Crippen molar-refractivity contribution in [2.45, 2.75) is 12.6 Å². The first-order valence-corrected chi connectivity index (χ1v) is 6.33. The molecule has 0 bridgehead atoms. The smallest absolute Gasteiger partial charge is 0.339 e. The fourth-order valence-corrected chi connectivity index (χ4v) is 2.19. The molecule has 0 amide bonds. The van der Waals surface area contributed by atoms with E-state index in [0.29, 0.717) is 18.8 Å². The summed E-state index contributed by atoms with van der Waals surface area (Å²) >= 11 is 0. The molecule has 106 valence electrons. The number of likely N-dealkylation sites (N-methyl/N-ethyl adjacent to an activating group) is 1. The second-order valence-corrected chi connectivity index (χ2v) is 4.82. The Morgan fingerprint density at radius 3 is 3.11 bits per heavy atom. The van der Waals surface area contributed by atoms with Gasteiger partial charge >= 0.3 is 5.97 Å². The molecule has 0 aliphatic carbocycles. The van der Waals surface area contributed by atoms with Crippen molar-refractivity contribution in [1.82, 2.24) is 20.0 Å². The molecule has 1 aliphatic heterocycles. The normalized spacial score (nSPS) is 20.6. The molecule has 0 saturated carbocycles. The highest BCUT2D eigenvalue weighted by Crippen LogP contribution is 2.08. The van der Waals surface area contributed by atoms with Crippen molar-refractivity contribution >= 4 is 5.97 Å². The molecular weight excluding hydrogens is 248 g/mol. The second kappa shape index (κ2) is 6.14. The average molecular weight is 268 g/mol. The van der Waals surface area contributed by atoms with E-state index < -0.39 is 5.97 Å². The molecule has 7 heteroatoms. The first kappa shape index (κ1) is 14.0. The summed E-state index contributed by atoms with van der Waals surface area (Å²) in [6, 6.07) is 0. The number of carbonyl (C=O) groups is 1. The Bertz CT molecular complexity index is 446. The standard InChI is InChI=1S/C12H20N4O3/c1-15-3-4-19-9(8-15)5-13-7-11-10(12(17)18)6-14-16(11)2/h6,9,13H,3-5,7-8H2,1-2H3,(H,17,18). The molecule has 1 atom stereocenters. The van der Waals surface area contributed by atoms with Crippen molar-refractivity contribution in [2.24, 2.45) is 7.05 Å². The van der Waals surface area contributed by atoms with Gasteiger partial charge in [0.2, 0.25) is 0 Å². The number of carboxylic acids is 1. The van der Waals surface area contributed by atoms with E-state index in [0.717, 1.165) is 19.7 Å². The van der Waals surface area contributed by atoms with Gasteiger partial charge in [0.05, 0.1) is 24.6 Å². The Labute approximate surface area is 112 Å². The van der Waals surface area contributed by atoms with E-state index in [1.807, 2.05) is 0 Å². The average Bonchev–Trinajstić information content (AvgIpc) is 2.71. The molecule has 7 nitrogen and oxygen atoms in total. The molecule has 1 aromatic heterocycles. The van der Waals surface area contributed by atoms with Crippen LogP contribution in [0.2, 0.25) is 0 Å². The van der Waals surface area contributed by atoms with E-state index in [2.05, 4.69) is 22.4 Å². The van der Waals surface area contributed by atoms with Crippen LogP contribution in [-0.4, -0.2) is 65.1 Å². The third kappa shape index (κ3) is 3.52. The summed E-state index contributed by atoms with van der Waals surface area (Å²) < 4.78 is 7.22. The number of aromatic nitrogens is 2. The molecule has 1 aliphatic rings. The van der Waals surface area contributed by atoms with Crippen LogP contribution in [0.1, 0.15) is 16.1 Å². The van der Waals surface area contributed by atoms with Gasteiger partial charge in [0.1, 0.15) is 5.56 Å². The number of rotatable bonds is 5.